The quantitative estimate of drug-likeness (QED) is 0.363. The van der Waals surface area contributed by atoms with Gasteiger partial charge >= 0.3 is 0 Å². The van der Waals surface area contributed by atoms with Gasteiger partial charge in [0.25, 0.3) is 5.91 Å². The Labute approximate surface area is 242 Å². The number of benzene rings is 3. The minimum atomic E-state index is -1.26. The fourth-order valence-electron chi connectivity index (χ4n) is 6.12. The summed E-state index contributed by atoms with van der Waals surface area (Å²) in [7, 11) is 1.61. The molecule has 0 aromatic heterocycles. The Morgan fingerprint density at radius 3 is 2.32 bits per heavy atom. The van der Waals surface area contributed by atoms with Gasteiger partial charge < -0.3 is 20.7 Å². The van der Waals surface area contributed by atoms with Crippen molar-refractivity contribution in [1.82, 2.24) is 16.0 Å². The Morgan fingerprint density at radius 2 is 1.61 bits per heavy atom. The summed E-state index contributed by atoms with van der Waals surface area (Å²) in [4.78, 5) is 41.5. The molecule has 1 fully saturated rings. The van der Waals surface area contributed by atoms with E-state index < -0.39 is 11.6 Å². The van der Waals surface area contributed by atoms with Crippen molar-refractivity contribution in [2.24, 2.45) is 0 Å². The number of nitrogens with one attached hydrogen (secondary N) is 3. The van der Waals surface area contributed by atoms with Gasteiger partial charge in [0, 0.05) is 30.0 Å². The van der Waals surface area contributed by atoms with Crippen molar-refractivity contribution in [3.05, 3.63) is 101 Å². The molecule has 5 rings (SSSR count). The molecule has 0 radical (unpaired) electrons. The molecule has 3 amide bonds. The number of carbonyl (C=O) groups excluding carboxylic acids is 3. The molecule has 0 heterocycles. The second-order valence-corrected chi connectivity index (χ2v) is 11.2. The monoisotopic (exact) mass is 553 g/mol. The number of methoxy groups -OCH3 is 1. The van der Waals surface area contributed by atoms with Crippen molar-refractivity contribution in [3.8, 4) is 5.75 Å². The summed E-state index contributed by atoms with van der Waals surface area (Å²) in [5.41, 5.74) is 2.17. The van der Waals surface area contributed by atoms with Gasteiger partial charge in [-0.05, 0) is 55.0 Å². The van der Waals surface area contributed by atoms with Gasteiger partial charge in [0.05, 0.1) is 7.11 Å². The Hall–Kier alpha value is -4.13. The van der Waals surface area contributed by atoms with Crippen LogP contribution in [0.2, 0.25) is 0 Å². The summed E-state index contributed by atoms with van der Waals surface area (Å²) < 4.78 is 5.65. The first-order chi connectivity index (χ1) is 20.0. The number of amides is 3. The first kappa shape index (κ1) is 28.4. The van der Waals surface area contributed by atoms with Gasteiger partial charge in [0.1, 0.15) is 17.3 Å². The van der Waals surface area contributed by atoms with E-state index in [1.165, 1.54) is 6.42 Å². The van der Waals surface area contributed by atoms with Gasteiger partial charge in [-0.3, -0.25) is 14.4 Å². The molecule has 0 aliphatic heterocycles. The molecule has 0 spiro atoms. The van der Waals surface area contributed by atoms with E-state index in [1.54, 1.807) is 31.4 Å². The van der Waals surface area contributed by atoms with E-state index in [0.29, 0.717) is 30.6 Å². The third-order valence-electron chi connectivity index (χ3n) is 8.43. The lowest BCUT2D eigenvalue weighted by molar-refractivity contribution is -0.133. The lowest BCUT2D eigenvalue weighted by atomic mass is 9.76. The molecule has 2 aliphatic rings. The zero-order valence-electron chi connectivity index (χ0n) is 23.7. The molecule has 7 nitrogen and oxygen atoms in total. The molecular weight excluding hydrogens is 514 g/mol. The number of hydrogen-bond acceptors (Lipinski definition) is 4. The number of carbonyl (C=O) groups is 3. The molecule has 7 heteroatoms. The fraction of sp³-hybridized carbons (Fsp3) is 0.382. The summed E-state index contributed by atoms with van der Waals surface area (Å²) >= 11 is 0. The summed E-state index contributed by atoms with van der Waals surface area (Å²) in [6, 6.07) is 23.8. The van der Waals surface area contributed by atoms with Gasteiger partial charge in [-0.15, -0.1) is 0 Å². The summed E-state index contributed by atoms with van der Waals surface area (Å²) in [6.45, 7) is 0. The lowest BCUT2D eigenvalue weighted by Gasteiger charge is -2.39. The number of ether oxygens (including phenoxy) is 1. The maximum Gasteiger partial charge on any atom is 0.252 e. The second-order valence-electron chi connectivity index (χ2n) is 11.2. The van der Waals surface area contributed by atoms with Gasteiger partial charge in [-0.2, -0.15) is 0 Å². The highest BCUT2D eigenvalue weighted by Gasteiger charge is 2.45. The van der Waals surface area contributed by atoms with E-state index in [9.17, 15) is 14.4 Å². The van der Waals surface area contributed by atoms with Crippen LogP contribution >= 0.6 is 0 Å². The molecule has 3 N–H and O–H groups in total. The first-order valence-corrected chi connectivity index (χ1v) is 14.6. The normalized spacial score (nSPS) is 19.3. The van der Waals surface area contributed by atoms with Crippen LogP contribution in [0.4, 0.5) is 0 Å². The molecule has 2 atom stereocenters. The van der Waals surface area contributed by atoms with E-state index in [1.807, 2.05) is 54.6 Å². The molecule has 3 aromatic rings. The van der Waals surface area contributed by atoms with Crippen molar-refractivity contribution in [2.45, 2.75) is 75.4 Å². The highest BCUT2D eigenvalue weighted by atomic mass is 16.5. The molecule has 2 aliphatic carbocycles. The molecule has 0 unspecified atom stereocenters. The molecule has 0 bridgehead atoms. The maximum absolute atomic E-state index is 14.3. The van der Waals surface area contributed by atoms with Crippen LogP contribution in [0.3, 0.4) is 0 Å². The summed E-state index contributed by atoms with van der Waals surface area (Å²) in [6.07, 6.45) is 6.88. The minimum Gasteiger partial charge on any atom is -0.496 e. The van der Waals surface area contributed by atoms with Crippen LogP contribution in [0.5, 0.6) is 5.75 Å². The minimum absolute atomic E-state index is 0.115. The Balaban J connectivity index is 1.45. The van der Waals surface area contributed by atoms with Crippen LogP contribution in [0.1, 0.15) is 65.6 Å². The first-order valence-electron chi connectivity index (χ1n) is 14.6. The number of rotatable bonds is 9. The van der Waals surface area contributed by atoms with Crippen LogP contribution in [0, 0.1) is 0 Å². The second kappa shape index (κ2) is 13.0. The van der Waals surface area contributed by atoms with Crippen LogP contribution in [-0.4, -0.2) is 42.5 Å². The highest BCUT2D eigenvalue weighted by Crippen LogP contribution is 2.35. The Bertz CT molecular complexity index is 1340. The zero-order chi connectivity index (χ0) is 28.7. The van der Waals surface area contributed by atoms with E-state index in [4.69, 9.17) is 4.74 Å². The van der Waals surface area contributed by atoms with Crippen LogP contribution < -0.4 is 20.7 Å². The standard InChI is InChI=1S/C34H39N3O4/c1-41-30-19-11-16-25-20-21-34(23-28(25)30,37-31(38)26-14-7-3-8-15-26)33(40)36-29(22-24-12-5-2-6-13-24)32(39)35-27-17-9-4-10-18-27/h2-3,5-8,11-16,19,27,29H,4,9-10,17-18,20-23H2,1H3,(H,35,39)(H,36,40)(H,37,38)/t29-,34+/m0/s1. The van der Waals surface area contributed by atoms with Crippen LogP contribution in [-0.2, 0) is 28.9 Å². The van der Waals surface area contributed by atoms with E-state index in [2.05, 4.69) is 16.0 Å². The molecule has 1 saturated carbocycles. The predicted octanol–water partition coefficient (Wildman–Crippen LogP) is 4.53. The average Bonchev–Trinajstić information content (AvgIpc) is 3.01. The van der Waals surface area contributed by atoms with E-state index in [0.717, 1.165) is 42.4 Å². The van der Waals surface area contributed by atoms with Crippen molar-refractivity contribution < 1.29 is 19.1 Å². The third kappa shape index (κ3) is 6.79. The van der Waals surface area contributed by atoms with Gasteiger partial charge in [0.2, 0.25) is 11.8 Å². The largest absolute Gasteiger partial charge is 0.496 e. The van der Waals surface area contributed by atoms with Crippen molar-refractivity contribution in [2.75, 3.05) is 7.11 Å². The average molecular weight is 554 g/mol. The maximum atomic E-state index is 14.3. The number of aryl methyl sites for hydroxylation is 1. The lowest BCUT2D eigenvalue weighted by Crippen LogP contribution is -2.64. The zero-order valence-corrected chi connectivity index (χ0v) is 23.7. The fourth-order valence-corrected chi connectivity index (χ4v) is 6.12. The summed E-state index contributed by atoms with van der Waals surface area (Å²) in [5, 5.41) is 9.38. The SMILES string of the molecule is COc1cccc2c1C[C@@](NC(=O)c1ccccc1)(C(=O)N[C@@H](Cc1ccccc1)C(=O)NC1CCCCC1)CC2. The number of hydrogen-bond donors (Lipinski definition) is 3. The smallest absolute Gasteiger partial charge is 0.252 e. The van der Waals surface area contributed by atoms with Gasteiger partial charge in [0.15, 0.2) is 0 Å². The van der Waals surface area contributed by atoms with Gasteiger partial charge in [-0.25, -0.2) is 0 Å². The molecule has 3 aromatic carbocycles. The van der Waals surface area contributed by atoms with Crippen molar-refractivity contribution in [1.29, 1.82) is 0 Å². The predicted molar refractivity (Wildman–Crippen MR) is 159 cm³/mol. The molecular formula is C34H39N3O4. The van der Waals surface area contributed by atoms with E-state index >= 15 is 0 Å². The number of fused-ring (bicyclic) bond motifs is 1. The van der Waals surface area contributed by atoms with Crippen molar-refractivity contribution >= 4 is 17.7 Å². The Kier molecular flexibility index (Phi) is 9.02. The van der Waals surface area contributed by atoms with Gasteiger partial charge in [-0.1, -0.05) is 79.9 Å². The van der Waals surface area contributed by atoms with Crippen LogP contribution in [0.25, 0.3) is 0 Å². The molecule has 214 valence electrons. The van der Waals surface area contributed by atoms with Crippen LogP contribution in [0.15, 0.2) is 78.9 Å². The Morgan fingerprint density at radius 1 is 0.902 bits per heavy atom. The topological polar surface area (TPSA) is 96.5 Å². The summed E-state index contributed by atoms with van der Waals surface area (Å²) in [5.74, 6) is -0.194. The molecule has 41 heavy (non-hydrogen) atoms. The van der Waals surface area contributed by atoms with Crippen molar-refractivity contribution in [3.63, 3.8) is 0 Å². The highest BCUT2D eigenvalue weighted by molar-refractivity contribution is 6.00. The third-order valence-corrected chi connectivity index (χ3v) is 8.43. The van der Waals surface area contributed by atoms with E-state index in [-0.39, 0.29) is 30.2 Å². The molecule has 0 saturated heterocycles.